The van der Waals surface area contributed by atoms with Crippen LogP contribution in [0.4, 0.5) is 5.82 Å². The first-order valence-electron chi connectivity index (χ1n) is 7.30. The van der Waals surface area contributed by atoms with Crippen molar-refractivity contribution in [3.63, 3.8) is 0 Å². The van der Waals surface area contributed by atoms with E-state index in [2.05, 4.69) is 25.4 Å². The summed E-state index contributed by atoms with van der Waals surface area (Å²) < 4.78 is 7.25. The van der Waals surface area contributed by atoms with Crippen LogP contribution in [0.3, 0.4) is 0 Å². The van der Waals surface area contributed by atoms with Crippen molar-refractivity contribution in [2.24, 2.45) is 7.05 Å². The lowest BCUT2D eigenvalue weighted by atomic mass is 10.2. The SMILES string of the molecule is Cn1ccnc(NCC2CN(Cc3ccn[nH]3)CCO2)c1=O. The minimum absolute atomic E-state index is 0.0309. The molecule has 0 saturated carbocycles. The van der Waals surface area contributed by atoms with Crippen LogP contribution in [0, 0.1) is 0 Å². The molecule has 22 heavy (non-hydrogen) atoms. The maximum absolute atomic E-state index is 11.9. The lowest BCUT2D eigenvalue weighted by Crippen LogP contribution is -2.45. The maximum atomic E-state index is 11.9. The quantitative estimate of drug-likeness (QED) is 0.796. The fourth-order valence-electron chi connectivity index (χ4n) is 2.49. The number of anilines is 1. The molecule has 0 spiro atoms. The standard InChI is InChI=1S/C14H20N6O2/c1-19-5-4-15-13(14(19)21)16-8-12-10-20(6-7-22-12)9-11-2-3-17-18-11/h2-5,12H,6-10H2,1H3,(H,15,16)(H,17,18). The number of aryl methyl sites for hydroxylation is 1. The fourth-order valence-corrected chi connectivity index (χ4v) is 2.49. The van der Waals surface area contributed by atoms with E-state index in [9.17, 15) is 4.79 Å². The number of rotatable bonds is 5. The number of H-pyrrole nitrogens is 1. The van der Waals surface area contributed by atoms with Crippen LogP contribution in [0.25, 0.3) is 0 Å². The van der Waals surface area contributed by atoms with Crippen molar-refractivity contribution in [1.29, 1.82) is 0 Å². The van der Waals surface area contributed by atoms with Gasteiger partial charge < -0.3 is 14.6 Å². The van der Waals surface area contributed by atoms with E-state index in [-0.39, 0.29) is 11.7 Å². The zero-order valence-corrected chi connectivity index (χ0v) is 12.5. The molecule has 1 fully saturated rings. The van der Waals surface area contributed by atoms with E-state index < -0.39 is 0 Å². The molecular weight excluding hydrogens is 284 g/mol. The Morgan fingerprint density at radius 3 is 3.23 bits per heavy atom. The lowest BCUT2D eigenvalue weighted by molar-refractivity contribution is -0.0244. The molecule has 2 N–H and O–H groups in total. The van der Waals surface area contributed by atoms with Gasteiger partial charge in [0.15, 0.2) is 5.82 Å². The van der Waals surface area contributed by atoms with Gasteiger partial charge in [-0.2, -0.15) is 5.10 Å². The third-order valence-corrected chi connectivity index (χ3v) is 3.69. The molecule has 0 radical (unpaired) electrons. The second-order valence-electron chi connectivity index (χ2n) is 5.38. The topological polar surface area (TPSA) is 88.1 Å². The third kappa shape index (κ3) is 3.52. The van der Waals surface area contributed by atoms with Gasteiger partial charge in [-0.05, 0) is 6.07 Å². The number of morpholine rings is 1. The molecule has 1 saturated heterocycles. The number of hydrogen-bond acceptors (Lipinski definition) is 6. The molecule has 0 aromatic carbocycles. The molecule has 1 atom stereocenters. The van der Waals surface area contributed by atoms with Crippen LogP contribution in [0.5, 0.6) is 0 Å². The smallest absolute Gasteiger partial charge is 0.293 e. The molecule has 1 aliphatic heterocycles. The minimum Gasteiger partial charge on any atom is -0.374 e. The number of hydrogen-bond donors (Lipinski definition) is 2. The van der Waals surface area contributed by atoms with E-state index in [0.717, 1.165) is 25.3 Å². The van der Waals surface area contributed by atoms with Gasteiger partial charge in [0.2, 0.25) is 0 Å². The highest BCUT2D eigenvalue weighted by atomic mass is 16.5. The highest BCUT2D eigenvalue weighted by Crippen LogP contribution is 2.09. The van der Waals surface area contributed by atoms with Crippen molar-refractivity contribution < 1.29 is 4.74 Å². The van der Waals surface area contributed by atoms with Crippen LogP contribution in [-0.4, -0.2) is 57.0 Å². The number of aromatic nitrogens is 4. The Bertz CT molecular complexity index is 654. The molecule has 0 aliphatic carbocycles. The molecule has 118 valence electrons. The predicted octanol–water partition coefficient (Wildman–Crippen LogP) is -0.184. The highest BCUT2D eigenvalue weighted by Gasteiger charge is 2.21. The fraction of sp³-hybridized carbons (Fsp3) is 0.500. The summed E-state index contributed by atoms with van der Waals surface area (Å²) in [5, 5.41) is 10.0. The van der Waals surface area contributed by atoms with Crippen molar-refractivity contribution in [1.82, 2.24) is 24.6 Å². The third-order valence-electron chi connectivity index (χ3n) is 3.69. The van der Waals surface area contributed by atoms with E-state index in [1.807, 2.05) is 6.07 Å². The molecule has 3 heterocycles. The first-order valence-corrected chi connectivity index (χ1v) is 7.30. The summed E-state index contributed by atoms with van der Waals surface area (Å²) >= 11 is 0. The van der Waals surface area contributed by atoms with Crippen LogP contribution < -0.4 is 10.9 Å². The van der Waals surface area contributed by atoms with Crippen molar-refractivity contribution in [2.75, 3.05) is 31.6 Å². The summed E-state index contributed by atoms with van der Waals surface area (Å²) in [6.45, 7) is 3.76. The molecule has 1 aliphatic rings. The summed E-state index contributed by atoms with van der Waals surface area (Å²) in [4.78, 5) is 18.3. The first kappa shape index (κ1) is 14.7. The van der Waals surface area contributed by atoms with Crippen LogP contribution >= 0.6 is 0 Å². The number of nitrogens with one attached hydrogen (secondary N) is 2. The molecule has 8 nitrogen and oxygen atoms in total. The summed E-state index contributed by atoms with van der Waals surface area (Å²) in [7, 11) is 1.71. The second kappa shape index (κ2) is 6.71. The van der Waals surface area contributed by atoms with Gasteiger partial charge in [0.05, 0.1) is 12.7 Å². The zero-order valence-electron chi connectivity index (χ0n) is 12.5. The van der Waals surface area contributed by atoms with Crippen molar-refractivity contribution >= 4 is 5.82 Å². The number of nitrogens with zero attached hydrogens (tertiary/aromatic N) is 4. The Hall–Kier alpha value is -2.19. The molecule has 1 unspecified atom stereocenters. The summed E-state index contributed by atoms with van der Waals surface area (Å²) in [6.07, 6.45) is 5.03. The molecule has 0 bridgehead atoms. The Morgan fingerprint density at radius 2 is 2.41 bits per heavy atom. The second-order valence-corrected chi connectivity index (χ2v) is 5.38. The average Bonchev–Trinajstić information content (AvgIpc) is 3.02. The molecule has 2 aromatic heterocycles. The van der Waals surface area contributed by atoms with Crippen molar-refractivity contribution in [2.45, 2.75) is 12.6 Å². The first-order chi connectivity index (χ1) is 10.7. The Morgan fingerprint density at radius 1 is 1.50 bits per heavy atom. The lowest BCUT2D eigenvalue weighted by Gasteiger charge is -2.32. The van der Waals surface area contributed by atoms with Crippen LogP contribution in [0.2, 0.25) is 0 Å². The summed E-state index contributed by atoms with van der Waals surface area (Å²) in [5.41, 5.74) is 0.958. The molecule has 8 heteroatoms. The Kier molecular flexibility index (Phi) is 4.50. The molecular formula is C14H20N6O2. The van der Waals surface area contributed by atoms with Gasteiger partial charge in [-0.25, -0.2) is 4.98 Å². The maximum Gasteiger partial charge on any atom is 0.293 e. The van der Waals surface area contributed by atoms with Crippen LogP contribution in [0.15, 0.2) is 29.5 Å². The van der Waals surface area contributed by atoms with Gasteiger partial charge in [-0.3, -0.25) is 14.8 Å². The van der Waals surface area contributed by atoms with Gasteiger partial charge in [0.25, 0.3) is 5.56 Å². The average molecular weight is 304 g/mol. The van der Waals surface area contributed by atoms with E-state index in [1.165, 1.54) is 4.57 Å². The summed E-state index contributed by atoms with van der Waals surface area (Å²) in [5.74, 6) is 0.360. The molecule has 2 aromatic rings. The van der Waals surface area contributed by atoms with Crippen LogP contribution in [0.1, 0.15) is 5.69 Å². The predicted molar refractivity (Wildman–Crippen MR) is 81.6 cm³/mol. The normalized spacial score (nSPS) is 19.2. The number of aromatic amines is 1. The Balaban J connectivity index is 1.54. The van der Waals surface area contributed by atoms with E-state index in [1.54, 1.807) is 25.6 Å². The van der Waals surface area contributed by atoms with Gasteiger partial charge in [0.1, 0.15) is 0 Å². The van der Waals surface area contributed by atoms with Gasteiger partial charge in [-0.15, -0.1) is 0 Å². The Labute approximate surface area is 128 Å². The zero-order chi connectivity index (χ0) is 15.4. The van der Waals surface area contributed by atoms with E-state index in [0.29, 0.717) is 19.0 Å². The van der Waals surface area contributed by atoms with E-state index >= 15 is 0 Å². The van der Waals surface area contributed by atoms with Crippen LogP contribution in [-0.2, 0) is 18.3 Å². The van der Waals surface area contributed by atoms with Crippen molar-refractivity contribution in [3.8, 4) is 0 Å². The van der Waals surface area contributed by atoms with Gasteiger partial charge in [0, 0.05) is 57.5 Å². The molecule has 0 amide bonds. The highest BCUT2D eigenvalue weighted by molar-refractivity contribution is 5.30. The summed E-state index contributed by atoms with van der Waals surface area (Å²) in [6, 6.07) is 1.97. The monoisotopic (exact) mass is 304 g/mol. The number of ether oxygens (including phenoxy) is 1. The largest absolute Gasteiger partial charge is 0.374 e. The van der Waals surface area contributed by atoms with E-state index in [4.69, 9.17) is 4.74 Å². The molecule has 3 rings (SSSR count). The van der Waals surface area contributed by atoms with Gasteiger partial charge >= 0.3 is 0 Å². The van der Waals surface area contributed by atoms with Crippen molar-refractivity contribution in [3.05, 3.63) is 40.7 Å². The minimum atomic E-state index is -0.132. The van der Waals surface area contributed by atoms with Gasteiger partial charge in [-0.1, -0.05) is 0 Å².